The Hall–Kier alpha value is -3.41. The Kier molecular flexibility index (Phi) is 6.48. The van der Waals surface area contributed by atoms with E-state index in [1.54, 1.807) is 36.2 Å². The van der Waals surface area contributed by atoms with E-state index in [-0.39, 0.29) is 55.1 Å². The largest absolute Gasteiger partial charge is 0.416 e. The van der Waals surface area contributed by atoms with Crippen LogP contribution in [0.1, 0.15) is 70.8 Å². The summed E-state index contributed by atoms with van der Waals surface area (Å²) in [5, 5.41) is 7.67. The summed E-state index contributed by atoms with van der Waals surface area (Å²) in [5.41, 5.74) is -0.670. The lowest BCUT2D eigenvalue weighted by atomic mass is 9.90. The summed E-state index contributed by atoms with van der Waals surface area (Å²) in [4.78, 5) is 16.5. The fraction of sp³-hybridized carbons (Fsp3) is 0.483. The molecule has 6 rings (SSSR count). The van der Waals surface area contributed by atoms with Crippen molar-refractivity contribution in [3.63, 3.8) is 0 Å². The first kappa shape index (κ1) is 27.7. The number of carbonyl (C=O) groups is 1. The SMILES string of the molecule is C[C@@H]1CN(Cc2cc3c(c(C(F)(F)F)c2)CN(c2cccc(C4([C@@H](F)c5nncn5C)CC4)c2)C3=O)CCC1(F)F. The Morgan fingerprint density at radius 3 is 2.51 bits per heavy atom. The number of nitrogens with zero attached hydrogens (tertiary/aromatic N) is 5. The number of aryl methyl sites for hydroxylation is 1. The van der Waals surface area contributed by atoms with Crippen molar-refractivity contribution in [3.8, 4) is 0 Å². The summed E-state index contributed by atoms with van der Waals surface area (Å²) in [7, 11) is 1.65. The van der Waals surface area contributed by atoms with Gasteiger partial charge in [0.1, 0.15) is 6.33 Å². The third-order valence-corrected chi connectivity index (χ3v) is 8.81. The van der Waals surface area contributed by atoms with Gasteiger partial charge in [-0.1, -0.05) is 19.1 Å². The molecule has 0 spiro atoms. The van der Waals surface area contributed by atoms with E-state index in [9.17, 15) is 26.7 Å². The molecule has 3 aromatic rings. The predicted molar refractivity (Wildman–Crippen MR) is 138 cm³/mol. The van der Waals surface area contributed by atoms with Crippen LogP contribution in [-0.2, 0) is 31.7 Å². The molecule has 3 heterocycles. The van der Waals surface area contributed by atoms with E-state index in [0.29, 0.717) is 24.1 Å². The number of fused-ring (bicyclic) bond motifs is 1. The second-order valence-corrected chi connectivity index (χ2v) is 11.6. The summed E-state index contributed by atoms with van der Waals surface area (Å²) < 4.78 is 87.7. The number of aromatic nitrogens is 3. The van der Waals surface area contributed by atoms with Crippen molar-refractivity contribution in [2.75, 3.05) is 18.0 Å². The Balaban J connectivity index is 1.29. The van der Waals surface area contributed by atoms with Crippen LogP contribution in [0.25, 0.3) is 0 Å². The van der Waals surface area contributed by atoms with E-state index >= 15 is 4.39 Å². The van der Waals surface area contributed by atoms with Crippen molar-refractivity contribution in [2.24, 2.45) is 13.0 Å². The quantitative estimate of drug-likeness (QED) is 0.327. The van der Waals surface area contributed by atoms with Gasteiger partial charge in [0.25, 0.3) is 11.8 Å². The second kappa shape index (κ2) is 9.57. The highest BCUT2D eigenvalue weighted by Gasteiger charge is 2.54. The summed E-state index contributed by atoms with van der Waals surface area (Å²) >= 11 is 0. The number of rotatable bonds is 6. The van der Waals surface area contributed by atoms with Crippen LogP contribution in [0.4, 0.5) is 32.0 Å². The molecule has 12 heteroatoms. The van der Waals surface area contributed by atoms with Gasteiger partial charge in [0.05, 0.1) is 12.1 Å². The molecule has 0 radical (unpaired) electrons. The monoisotopic (exact) mass is 577 g/mol. The zero-order chi connectivity index (χ0) is 29.3. The number of carbonyl (C=O) groups excluding carboxylic acids is 1. The van der Waals surface area contributed by atoms with Crippen LogP contribution in [0.2, 0.25) is 0 Å². The van der Waals surface area contributed by atoms with E-state index in [0.717, 1.165) is 6.07 Å². The van der Waals surface area contributed by atoms with Gasteiger partial charge in [-0.15, -0.1) is 10.2 Å². The van der Waals surface area contributed by atoms with Crippen molar-refractivity contribution >= 4 is 11.6 Å². The molecule has 3 aliphatic rings. The summed E-state index contributed by atoms with van der Waals surface area (Å²) in [5.74, 6) is -4.14. The second-order valence-electron chi connectivity index (χ2n) is 11.6. The third-order valence-electron chi connectivity index (χ3n) is 8.81. The smallest absolute Gasteiger partial charge is 0.318 e. The lowest BCUT2D eigenvalue weighted by molar-refractivity contribution is -0.138. The fourth-order valence-corrected chi connectivity index (χ4v) is 6.16. The molecule has 0 N–H and O–H groups in total. The van der Waals surface area contributed by atoms with Crippen LogP contribution in [0.3, 0.4) is 0 Å². The van der Waals surface area contributed by atoms with Gasteiger partial charge in [-0.25, -0.2) is 13.2 Å². The topological polar surface area (TPSA) is 54.3 Å². The fourth-order valence-electron chi connectivity index (χ4n) is 6.16. The van der Waals surface area contributed by atoms with Gasteiger partial charge in [0, 0.05) is 55.7 Å². The number of anilines is 1. The van der Waals surface area contributed by atoms with Crippen LogP contribution in [0.15, 0.2) is 42.7 Å². The number of alkyl halides is 6. The van der Waals surface area contributed by atoms with Gasteiger partial charge in [0.2, 0.25) is 0 Å². The van der Waals surface area contributed by atoms with E-state index < -0.39 is 41.1 Å². The molecule has 2 aliphatic heterocycles. The molecule has 1 saturated carbocycles. The third kappa shape index (κ3) is 4.79. The van der Waals surface area contributed by atoms with E-state index in [1.807, 2.05) is 0 Å². The number of benzene rings is 2. The molecule has 0 unspecified atom stereocenters. The van der Waals surface area contributed by atoms with Crippen LogP contribution in [0.5, 0.6) is 0 Å². The average molecular weight is 578 g/mol. The highest BCUT2D eigenvalue weighted by atomic mass is 19.4. The molecule has 1 amide bonds. The first-order chi connectivity index (χ1) is 19.3. The molecule has 1 aliphatic carbocycles. The standard InChI is InChI=1S/C29H29F6N5O/c1-17-13-39(9-8-28(17,31)32)14-18-10-21-22(23(11-18)29(33,34)35)15-40(26(21)41)20-5-3-4-19(12-20)27(6-7-27)24(30)25-37-36-16-38(25)2/h3-5,10-12,16-17,24H,6-9,13-15H2,1-2H3/t17-,24+/m1/s1. The molecule has 2 atom stereocenters. The lowest BCUT2D eigenvalue weighted by Gasteiger charge is -2.36. The number of likely N-dealkylation sites (tertiary alicyclic amines) is 1. The first-order valence-corrected chi connectivity index (χ1v) is 13.5. The first-order valence-electron chi connectivity index (χ1n) is 13.5. The van der Waals surface area contributed by atoms with E-state index in [2.05, 4.69) is 10.2 Å². The maximum Gasteiger partial charge on any atom is 0.416 e. The zero-order valence-corrected chi connectivity index (χ0v) is 22.6. The van der Waals surface area contributed by atoms with Crippen LogP contribution >= 0.6 is 0 Å². The minimum atomic E-state index is -4.71. The summed E-state index contributed by atoms with van der Waals surface area (Å²) in [6.07, 6.45) is -3.99. The Labute approximate surface area is 233 Å². The zero-order valence-electron chi connectivity index (χ0n) is 22.6. The van der Waals surface area contributed by atoms with Gasteiger partial charge in [-0.3, -0.25) is 9.69 Å². The highest BCUT2D eigenvalue weighted by Crippen LogP contribution is 2.58. The Bertz CT molecular complexity index is 1500. The number of piperidine rings is 1. The van der Waals surface area contributed by atoms with Gasteiger partial charge >= 0.3 is 6.18 Å². The highest BCUT2D eigenvalue weighted by molar-refractivity contribution is 6.10. The molecule has 0 bridgehead atoms. The van der Waals surface area contributed by atoms with Crippen molar-refractivity contribution < 1.29 is 31.1 Å². The predicted octanol–water partition coefficient (Wildman–Crippen LogP) is 6.21. The number of halogens is 6. The van der Waals surface area contributed by atoms with E-state index in [1.165, 1.54) is 28.8 Å². The minimum Gasteiger partial charge on any atom is -0.318 e. The van der Waals surface area contributed by atoms with Gasteiger partial charge in [-0.2, -0.15) is 13.2 Å². The van der Waals surface area contributed by atoms with Crippen LogP contribution in [0, 0.1) is 5.92 Å². The molecule has 2 aromatic carbocycles. The van der Waals surface area contributed by atoms with Gasteiger partial charge in [0.15, 0.2) is 12.0 Å². The van der Waals surface area contributed by atoms with Gasteiger partial charge in [-0.05, 0) is 53.8 Å². The number of hydrogen-bond donors (Lipinski definition) is 0. The van der Waals surface area contributed by atoms with Crippen molar-refractivity contribution in [1.82, 2.24) is 19.7 Å². The molecule has 41 heavy (non-hydrogen) atoms. The normalized spacial score (nSPS) is 22.6. The Morgan fingerprint density at radius 1 is 1.12 bits per heavy atom. The van der Waals surface area contributed by atoms with Crippen LogP contribution in [-0.4, -0.2) is 44.6 Å². The minimum absolute atomic E-state index is 0.0298. The van der Waals surface area contributed by atoms with Crippen molar-refractivity contribution in [2.45, 2.75) is 63.0 Å². The van der Waals surface area contributed by atoms with Crippen molar-refractivity contribution in [3.05, 3.63) is 76.4 Å². The van der Waals surface area contributed by atoms with E-state index in [4.69, 9.17) is 0 Å². The molecule has 6 nitrogen and oxygen atoms in total. The Morgan fingerprint density at radius 2 is 1.88 bits per heavy atom. The molecule has 2 fully saturated rings. The summed E-state index contributed by atoms with van der Waals surface area (Å²) in [6.45, 7) is 1.27. The number of hydrogen-bond acceptors (Lipinski definition) is 4. The molecular weight excluding hydrogens is 548 g/mol. The van der Waals surface area contributed by atoms with Gasteiger partial charge < -0.3 is 9.47 Å². The number of amides is 1. The van der Waals surface area contributed by atoms with Crippen LogP contribution < -0.4 is 4.90 Å². The van der Waals surface area contributed by atoms with Crippen molar-refractivity contribution in [1.29, 1.82) is 0 Å². The molecule has 1 aromatic heterocycles. The molecule has 1 saturated heterocycles. The molecular formula is C29H29F6N5O. The summed E-state index contributed by atoms with van der Waals surface area (Å²) in [6, 6.07) is 9.20. The lowest BCUT2D eigenvalue weighted by Crippen LogP contribution is -2.45. The average Bonchev–Trinajstić information content (AvgIpc) is 3.52. The molecule has 218 valence electrons. The maximum absolute atomic E-state index is 15.7. The maximum atomic E-state index is 15.7.